The maximum atomic E-state index is 13.0. The van der Waals surface area contributed by atoms with Gasteiger partial charge in [-0.15, -0.1) is 0 Å². The van der Waals surface area contributed by atoms with E-state index in [-0.39, 0.29) is 29.2 Å². The molecule has 0 bridgehead atoms. The predicted molar refractivity (Wildman–Crippen MR) is 150 cm³/mol. The fourth-order valence-corrected chi connectivity index (χ4v) is 4.81. The van der Waals surface area contributed by atoms with E-state index in [0.29, 0.717) is 28.7 Å². The van der Waals surface area contributed by atoms with Gasteiger partial charge in [-0.3, -0.25) is 30.1 Å². The van der Waals surface area contributed by atoms with Crippen LogP contribution in [-0.4, -0.2) is 52.4 Å². The van der Waals surface area contributed by atoms with Gasteiger partial charge < -0.3 is 10.1 Å². The molecule has 2 heterocycles. The number of methoxy groups -OCH3 is 1. The van der Waals surface area contributed by atoms with E-state index in [1.54, 1.807) is 37.4 Å². The number of benzene rings is 3. The largest absolute Gasteiger partial charge is 0.494 e. The van der Waals surface area contributed by atoms with Crippen LogP contribution < -0.4 is 20.9 Å². The molecule has 4 aromatic rings. The number of ether oxygens (including phenoxy) is 1. The van der Waals surface area contributed by atoms with Crippen LogP contribution in [0.1, 0.15) is 36.8 Å². The topological polar surface area (TPSA) is 113 Å². The molecule has 1 aromatic heterocycles. The van der Waals surface area contributed by atoms with E-state index < -0.39 is 11.9 Å². The van der Waals surface area contributed by atoms with E-state index in [4.69, 9.17) is 17.0 Å². The molecular formula is C29H25N5O4S. The highest BCUT2D eigenvalue weighted by atomic mass is 32.1. The zero-order chi connectivity index (χ0) is 27.4. The zero-order valence-corrected chi connectivity index (χ0v) is 21.8. The van der Waals surface area contributed by atoms with Crippen molar-refractivity contribution in [3.63, 3.8) is 0 Å². The smallest absolute Gasteiger partial charge is 0.288 e. The lowest BCUT2D eigenvalue weighted by Gasteiger charge is -2.25. The Kier molecular flexibility index (Phi) is 7.46. The maximum absolute atomic E-state index is 13.0. The number of hydrogen-bond donors (Lipinski definition) is 3. The van der Waals surface area contributed by atoms with Crippen LogP contribution in [0.3, 0.4) is 0 Å². The number of amides is 3. The molecule has 0 saturated carbocycles. The Hall–Kier alpha value is -4.83. The normalized spacial score (nSPS) is 13.1. The van der Waals surface area contributed by atoms with Gasteiger partial charge in [0.2, 0.25) is 0 Å². The lowest BCUT2D eigenvalue weighted by Crippen LogP contribution is -2.53. The molecule has 39 heavy (non-hydrogen) atoms. The average molecular weight is 540 g/mol. The number of hydrogen-bond acceptors (Lipinski definition) is 6. The number of nitrogens with one attached hydrogen (secondary N) is 3. The zero-order valence-electron chi connectivity index (χ0n) is 21.0. The molecule has 0 aliphatic carbocycles. The second-order valence-electron chi connectivity index (χ2n) is 8.93. The molecule has 1 aliphatic heterocycles. The summed E-state index contributed by atoms with van der Waals surface area (Å²) in [7, 11) is 1.54. The summed E-state index contributed by atoms with van der Waals surface area (Å²) in [6.45, 7) is 0.0850. The average Bonchev–Trinajstić information content (AvgIpc) is 3.20. The second-order valence-corrected chi connectivity index (χ2v) is 9.33. The monoisotopic (exact) mass is 539 g/mol. The molecule has 0 saturated heterocycles. The molecule has 0 spiro atoms. The first-order chi connectivity index (χ1) is 19.0. The van der Waals surface area contributed by atoms with E-state index in [2.05, 4.69) is 21.2 Å². The number of rotatable bonds is 7. The Balaban J connectivity index is 1.28. The van der Waals surface area contributed by atoms with Gasteiger partial charge in [0.15, 0.2) is 5.11 Å². The Morgan fingerprint density at radius 3 is 2.18 bits per heavy atom. The highest BCUT2D eigenvalue weighted by molar-refractivity contribution is 7.80. The van der Waals surface area contributed by atoms with Crippen molar-refractivity contribution < 1.29 is 19.1 Å². The van der Waals surface area contributed by atoms with Crippen LogP contribution >= 0.6 is 12.2 Å². The van der Waals surface area contributed by atoms with Gasteiger partial charge in [-0.1, -0.05) is 66.7 Å². The predicted octanol–water partition coefficient (Wildman–Crippen LogP) is 3.26. The SMILES string of the molecule is COc1cnc(C(=O)NNC(=S)N[C@H](Cc2ccccc2)CN2C(=O)c3ccccc3C2=O)c2ccccc12. The summed E-state index contributed by atoms with van der Waals surface area (Å²) < 4.78 is 5.35. The molecule has 0 fully saturated rings. The van der Waals surface area contributed by atoms with Crippen LogP contribution in [0.5, 0.6) is 5.75 Å². The van der Waals surface area contributed by atoms with Crippen molar-refractivity contribution in [3.8, 4) is 5.75 Å². The summed E-state index contributed by atoms with van der Waals surface area (Å²) in [6, 6.07) is 23.3. The molecule has 3 amide bonds. The summed E-state index contributed by atoms with van der Waals surface area (Å²) in [4.78, 5) is 44.4. The Labute approximate surface area is 230 Å². The van der Waals surface area contributed by atoms with E-state index >= 15 is 0 Å². The molecule has 3 N–H and O–H groups in total. The third-order valence-electron chi connectivity index (χ3n) is 6.42. The number of aromatic nitrogens is 1. The number of carbonyl (C=O) groups excluding carboxylic acids is 3. The van der Waals surface area contributed by atoms with Crippen LogP contribution in [0, 0.1) is 0 Å². The van der Waals surface area contributed by atoms with Gasteiger partial charge in [0.1, 0.15) is 11.4 Å². The van der Waals surface area contributed by atoms with Gasteiger partial charge >= 0.3 is 0 Å². The molecule has 0 unspecified atom stereocenters. The molecule has 9 nitrogen and oxygen atoms in total. The van der Waals surface area contributed by atoms with Crippen molar-refractivity contribution in [3.05, 3.63) is 107 Å². The third kappa shape index (κ3) is 5.41. The summed E-state index contributed by atoms with van der Waals surface area (Å²) in [6.07, 6.45) is 1.97. The Morgan fingerprint density at radius 2 is 1.51 bits per heavy atom. The number of thiocarbonyl (C=S) groups is 1. The standard InChI is InChI=1S/C29H25N5O4S/c1-38-24-16-30-25(21-12-6-5-11-20(21)24)26(35)32-33-29(39)31-19(15-18-9-3-2-4-10-18)17-34-27(36)22-13-7-8-14-23(22)28(34)37/h2-14,16,19H,15,17H2,1H3,(H,32,35)(H2,31,33,39)/t19-/m1/s1. The first-order valence-electron chi connectivity index (χ1n) is 12.2. The van der Waals surface area contributed by atoms with Crippen LogP contribution in [0.15, 0.2) is 85.1 Å². The second kappa shape index (κ2) is 11.3. The number of hydrazine groups is 1. The van der Waals surface area contributed by atoms with Crippen molar-refractivity contribution >= 4 is 45.8 Å². The fraction of sp³-hybridized carbons (Fsp3) is 0.138. The molecule has 1 atom stereocenters. The molecule has 10 heteroatoms. The van der Waals surface area contributed by atoms with Crippen molar-refractivity contribution in [2.24, 2.45) is 0 Å². The minimum atomic E-state index is -0.488. The number of carbonyl (C=O) groups is 3. The molecule has 3 aromatic carbocycles. The Bertz CT molecular complexity index is 1540. The number of fused-ring (bicyclic) bond motifs is 2. The maximum Gasteiger partial charge on any atom is 0.288 e. The van der Waals surface area contributed by atoms with Gasteiger partial charge in [-0.25, -0.2) is 4.98 Å². The first kappa shape index (κ1) is 25.8. The first-order valence-corrected chi connectivity index (χ1v) is 12.6. The van der Waals surface area contributed by atoms with E-state index in [9.17, 15) is 14.4 Å². The van der Waals surface area contributed by atoms with Crippen molar-refractivity contribution in [2.45, 2.75) is 12.5 Å². The molecule has 196 valence electrons. The van der Waals surface area contributed by atoms with Crippen molar-refractivity contribution in [2.75, 3.05) is 13.7 Å². The minimum Gasteiger partial charge on any atom is -0.494 e. The van der Waals surface area contributed by atoms with E-state index in [0.717, 1.165) is 10.9 Å². The van der Waals surface area contributed by atoms with Crippen LogP contribution in [-0.2, 0) is 6.42 Å². The highest BCUT2D eigenvalue weighted by Crippen LogP contribution is 2.26. The van der Waals surface area contributed by atoms with Gasteiger partial charge in [0.25, 0.3) is 17.7 Å². The molecule has 5 rings (SSSR count). The molecule has 0 radical (unpaired) electrons. The number of imide groups is 1. The Morgan fingerprint density at radius 1 is 0.897 bits per heavy atom. The number of nitrogens with zero attached hydrogens (tertiary/aromatic N) is 2. The van der Waals surface area contributed by atoms with E-state index in [1.165, 1.54) is 11.1 Å². The van der Waals surface area contributed by atoms with E-state index in [1.807, 2.05) is 48.5 Å². The van der Waals surface area contributed by atoms with Gasteiger partial charge in [0.05, 0.1) is 30.5 Å². The summed E-state index contributed by atoms with van der Waals surface area (Å²) >= 11 is 5.45. The van der Waals surface area contributed by atoms with Gasteiger partial charge in [-0.2, -0.15) is 0 Å². The molecular weight excluding hydrogens is 514 g/mol. The van der Waals surface area contributed by atoms with Crippen molar-refractivity contribution in [1.82, 2.24) is 26.1 Å². The summed E-state index contributed by atoms with van der Waals surface area (Å²) in [5.74, 6) is -0.623. The van der Waals surface area contributed by atoms with Crippen LogP contribution in [0.2, 0.25) is 0 Å². The van der Waals surface area contributed by atoms with Gasteiger partial charge in [0, 0.05) is 17.3 Å². The molecule has 1 aliphatic rings. The summed E-state index contributed by atoms with van der Waals surface area (Å²) in [5.41, 5.74) is 7.26. The van der Waals surface area contributed by atoms with Gasteiger partial charge in [-0.05, 0) is 36.3 Å². The highest BCUT2D eigenvalue weighted by Gasteiger charge is 2.36. The van der Waals surface area contributed by atoms with Crippen LogP contribution in [0.25, 0.3) is 10.8 Å². The fourth-order valence-electron chi connectivity index (χ4n) is 4.59. The lowest BCUT2D eigenvalue weighted by molar-refractivity contribution is 0.0641. The van der Waals surface area contributed by atoms with Crippen LogP contribution in [0.4, 0.5) is 0 Å². The number of pyridine rings is 1. The quantitative estimate of drug-likeness (QED) is 0.186. The lowest BCUT2D eigenvalue weighted by atomic mass is 10.1. The minimum absolute atomic E-state index is 0.0850. The van der Waals surface area contributed by atoms with Crippen molar-refractivity contribution in [1.29, 1.82) is 0 Å². The third-order valence-corrected chi connectivity index (χ3v) is 6.64. The summed E-state index contributed by atoms with van der Waals surface area (Å²) in [5, 5.41) is 4.65.